The first-order valence-electron chi connectivity index (χ1n) is 6.21. The van der Waals surface area contributed by atoms with E-state index in [1.807, 2.05) is 19.9 Å². The molecule has 1 amide bonds. The Morgan fingerprint density at radius 1 is 1.19 bits per heavy atom. The van der Waals surface area contributed by atoms with Gasteiger partial charge in [-0.3, -0.25) is 14.9 Å². The lowest BCUT2D eigenvalue weighted by molar-refractivity contribution is -0.385. The Kier molecular flexibility index (Phi) is 4.23. The molecule has 108 valence electrons. The van der Waals surface area contributed by atoms with E-state index in [1.54, 1.807) is 12.1 Å². The zero-order valence-corrected chi connectivity index (χ0v) is 12.3. The van der Waals surface area contributed by atoms with E-state index in [-0.39, 0.29) is 16.3 Å². The first kappa shape index (κ1) is 15.0. The third kappa shape index (κ3) is 3.38. The highest BCUT2D eigenvalue weighted by Crippen LogP contribution is 2.28. The molecular weight excluding hydrogens is 292 g/mol. The van der Waals surface area contributed by atoms with E-state index in [9.17, 15) is 14.9 Å². The molecule has 6 heteroatoms. The van der Waals surface area contributed by atoms with Gasteiger partial charge in [0.25, 0.3) is 5.91 Å². The molecule has 0 heterocycles. The molecule has 0 aromatic heterocycles. The third-order valence-corrected chi connectivity index (χ3v) is 3.20. The maximum atomic E-state index is 12.2. The fourth-order valence-electron chi connectivity index (χ4n) is 2.13. The quantitative estimate of drug-likeness (QED) is 0.685. The van der Waals surface area contributed by atoms with E-state index in [4.69, 9.17) is 11.6 Å². The number of nitrogens with one attached hydrogen (secondary N) is 1. The minimum absolute atomic E-state index is 0.0620. The zero-order chi connectivity index (χ0) is 15.6. The summed E-state index contributed by atoms with van der Waals surface area (Å²) in [6.45, 7) is 3.81. The lowest BCUT2D eigenvalue weighted by Gasteiger charge is -2.08. The summed E-state index contributed by atoms with van der Waals surface area (Å²) in [5.74, 6) is -0.561. The van der Waals surface area contributed by atoms with Crippen molar-refractivity contribution >= 4 is 28.9 Å². The number of amides is 1. The predicted molar refractivity (Wildman–Crippen MR) is 82.0 cm³/mol. The van der Waals surface area contributed by atoms with Gasteiger partial charge in [-0.2, -0.15) is 0 Å². The van der Waals surface area contributed by atoms with Gasteiger partial charge in [-0.25, -0.2) is 0 Å². The number of rotatable bonds is 3. The second-order valence-corrected chi connectivity index (χ2v) is 5.13. The van der Waals surface area contributed by atoms with Crippen LogP contribution in [0.4, 0.5) is 11.4 Å². The molecule has 0 aliphatic carbocycles. The first-order chi connectivity index (χ1) is 9.88. The summed E-state index contributed by atoms with van der Waals surface area (Å²) in [7, 11) is 0. The van der Waals surface area contributed by atoms with Crippen LogP contribution < -0.4 is 5.32 Å². The maximum Gasteiger partial charge on any atom is 0.300 e. The summed E-state index contributed by atoms with van der Waals surface area (Å²) in [6.07, 6.45) is 0. The third-order valence-electron chi connectivity index (χ3n) is 2.89. The number of anilines is 1. The summed E-state index contributed by atoms with van der Waals surface area (Å²) in [5.41, 5.74) is 2.12. The average molecular weight is 305 g/mol. The maximum absolute atomic E-state index is 12.2. The van der Waals surface area contributed by atoms with Gasteiger partial charge in [0.05, 0.1) is 4.92 Å². The molecule has 0 aliphatic heterocycles. The number of nitro groups is 1. The van der Waals surface area contributed by atoms with Crippen LogP contribution in [0.5, 0.6) is 0 Å². The number of nitro benzene ring substituents is 1. The molecule has 0 radical (unpaired) electrons. The molecule has 5 nitrogen and oxygen atoms in total. The van der Waals surface area contributed by atoms with E-state index in [0.29, 0.717) is 5.69 Å². The van der Waals surface area contributed by atoms with Gasteiger partial charge >= 0.3 is 5.69 Å². The number of nitrogens with zero attached hydrogens (tertiary/aromatic N) is 1. The average Bonchev–Trinajstić information content (AvgIpc) is 2.36. The van der Waals surface area contributed by atoms with Gasteiger partial charge in [-0.15, -0.1) is 0 Å². The van der Waals surface area contributed by atoms with Crippen LogP contribution in [0.2, 0.25) is 5.02 Å². The predicted octanol–water partition coefficient (Wildman–Crippen LogP) is 4.12. The highest BCUT2D eigenvalue weighted by atomic mass is 35.5. The van der Waals surface area contributed by atoms with Gasteiger partial charge in [-0.1, -0.05) is 23.7 Å². The van der Waals surface area contributed by atoms with E-state index in [1.165, 1.54) is 18.2 Å². The van der Waals surface area contributed by atoms with Gasteiger partial charge in [0.15, 0.2) is 0 Å². The largest absolute Gasteiger partial charge is 0.322 e. The Morgan fingerprint density at radius 2 is 1.81 bits per heavy atom. The number of hydrogen-bond donors (Lipinski definition) is 1. The van der Waals surface area contributed by atoms with Crippen LogP contribution >= 0.6 is 11.6 Å². The van der Waals surface area contributed by atoms with E-state index >= 15 is 0 Å². The molecule has 2 rings (SSSR count). The fourth-order valence-corrected chi connectivity index (χ4v) is 2.37. The lowest BCUT2D eigenvalue weighted by Crippen LogP contribution is -2.14. The Hall–Kier alpha value is -2.40. The van der Waals surface area contributed by atoms with Gasteiger partial charge < -0.3 is 5.32 Å². The fraction of sp³-hybridized carbons (Fsp3) is 0.133. The highest BCUT2D eigenvalue weighted by molar-refractivity contribution is 6.33. The van der Waals surface area contributed by atoms with Crippen molar-refractivity contribution in [3.63, 3.8) is 0 Å². The van der Waals surface area contributed by atoms with Crippen LogP contribution in [0.3, 0.4) is 0 Å². The van der Waals surface area contributed by atoms with Crippen molar-refractivity contribution < 1.29 is 9.72 Å². The van der Waals surface area contributed by atoms with Crippen LogP contribution in [0.25, 0.3) is 0 Å². The van der Waals surface area contributed by atoms with Crippen LogP contribution in [0.15, 0.2) is 36.4 Å². The second-order valence-electron chi connectivity index (χ2n) is 4.72. The van der Waals surface area contributed by atoms with Crippen molar-refractivity contribution in [3.8, 4) is 0 Å². The highest BCUT2D eigenvalue weighted by Gasteiger charge is 2.23. The molecular formula is C15H13ClN2O3. The molecule has 2 aromatic rings. The number of para-hydroxylation sites is 1. The van der Waals surface area contributed by atoms with Gasteiger partial charge in [0.1, 0.15) is 10.6 Å². The number of aryl methyl sites for hydroxylation is 2. The molecule has 0 atom stereocenters. The molecule has 0 saturated carbocycles. The monoisotopic (exact) mass is 304 g/mol. The molecule has 0 bridgehead atoms. The standard InChI is InChI=1S/C15H13ClN2O3/c1-9-6-10(2)8-11(7-9)17-15(19)12-4-3-5-13(16)14(12)18(20)21/h3-8H,1-2H3,(H,17,19). The Balaban J connectivity index is 2.37. The SMILES string of the molecule is Cc1cc(C)cc(NC(=O)c2cccc(Cl)c2[N+](=O)[O-])c1. The second kappa shape index (κ2) is 5.93. The van der Waals surface area contributed by atoms with Crippen molar-refractivity contribution in [2.45, 2.75) is 13.8 Å². The van der Waals surface area contributed by atoms with Crippen LogP contribution in [-0.2, 0) is 0 Å². The van der Waals surface area contributed by atoms with E-state index < -0.39 is 10.8 Å². The molecule has 21 heavy (non-hydrogen) atoms. The topological polar surface area (TPSA) is 72.2 Å². The number of halogens is 1. The number of benzene rings is 2. The van der Waals surface area contributed by atoms with Crippen LogP contribution in [-0.4, -0.2) is 10.8 Å². The molecule has 0 spiro atoms. The number of carbonyl (C=O) groups excluding carboxylic acids is 1. The normalized spacial score (nSPS) is 10.2. The smallest absolute Gasteiger partial charge is 0.300 e. The number of hydrogen-bond acceptors (Lipinski definition) is 3. The summed E-state index contributed by atoms with van der Waals surface area (Å²) < 4.78 is 0. The zero-order valence-electron chi connectivity index (χ0n) is 11.5. The summed E-state index contributed by atoms with van der Waals surface area (Å²) in [6, 6.07) is 9.82. The van der Waals surface area contributed by atoms with Gasteiger partial charge in [0.2, 0.25) is 0 Å². The molecule has 0 aliphatic rings. The van der Waals surface area contributed by atoms with Crippen molar-refractivity contribution in [2.75, 3.05) is 5.32 Å². The molecule has 0 fully saturated rings. The minimum Gasteiger partial charge on any atom is -0.322 e. The summed E-state index contributed by atoms with van der Waals surface area (Å²) >= 11 is 5.80. The lowest BCUT2D eigenvalue weighted by atomic mass is 10.1. The Morgan fingerprint density at radius 3 is 2.38 bits per heavy atom. The number of carbonyl (C=O) groups is 1. The van der Waals surface area contributed by atoms with E-state index in [2.05, 4.69) is 5.32 Å². The van der Waals surface area contributed by atoms with Gasteiger partial charge in [-0.05, 0) is 49.2 Å². The van der Waals surface area contributed by atoms with Crippen molar-refractivity contribution in [3.05, 3.63) is 68.2 Å². The van der Waals surface area contributed by atoms with Crippen LogP contribution in [0, 0.1) is 24.0 Å². The first-order valence-corrected chi connectivity index (χ1v) is 6.59. The molecule has 0 unspecified atom stereocenters. The van der Waals surface area contributed by atoms with E-state index in [0.717, 1.165) is 11.1 Å². The van der Waals surface area contributed by atoms with Crippen LogP contribution in [0.1, 0.15) is 21.5 Å². The molecule has 2 aromatic carbocycles. The summed E-state index contributed by atoms with van der Waals surface area (Å²) in [4.78, 5) is 22.6. The van der Waals surface area contributed by atoms with Gasteiger partial charge in [0, 0.05) is 5.69 Å². The summed E-state index contributed by atoms with van der Waals surface area (Å²) in [5, 5.41) is 13.6. The Labute approximate surface area is 126 Å². The minimum atomic E-state index is -0.654. The van der Waals surface area contributed by atoms with Crippen molar-refractivity contribution in [2.24, 2.45) is 0 Å². The van der Waals surface area contributed by atoms with Crippen molar-refractivity contribution in [1.82, 2.24) is 0 Å². The molecule has 1 N–H and O–H groups in total. The molecule has 0 saturated heterocycles. The Bertz CT molecular complexity index is 709. The van der Waals surface area contributed by atoms with Crippen molar-refractivity contribution in [1.29, 1.82) is 0 Å².